The third-order valence-corrected chi connectivity index (χ3v) is 4.94. The maximum atomic E-state index is 11.2. The smallest absolute Gasteiger partial charge is 0.243 e. The number of ether oxygens (including phenoxy) is 1. The van der Waals surface area contributed by atoms with Crippen LogP contribution < -0.4 is 10.1 Å². The number of unbranched alkanes of at least 4 members (excludes halogenated alkanes) is 2. The molecule has 0 aliphatic heterocycles. The summed E-state index contributed by atoms with van der Waals surface area (Å²) in [6.07, 6.45) is 5.19. The zero-order valence-corrected chi connectivity index (χ0v) is 17.2. The summed E-state index contributed by atoms with van der Waals surface area (Å²) in [5.41, 5.74) is 2.13. The van der Waals surface area contributed by atoms with Crippen LogP contribution in [-0.2, 0) is 17.8 Å². The first-order chi connectivity index (χ1) is 14.2. The number of aryl methyl sites for hydroxylation is 1. The van der Waals surface area contributed by atoms with Crippen molar-refractivity contribution < 1.29 is 9.53 Å². The molecule has 3 rings (SSSR count). The average Bonchev–Trinajstić information content (AvgIpc) is 3.09. The van der Waals surface area contributed by atoms with Crippen LogP contribution in [0.3, 0.4) is 0 Å². The Labute approximate surface area is 176 Å². The predicted molar refractivity (Wildman–Crippen MR) is 117 cm³/mol. The monoisotopic (exact) mass is 411 g/mol. The number of nitrogens with zero attached hydrogens (tertiary/aromatic N) is 2. The Kier molecular flexibility index (Phi) is 7.70. The summed E-state index contributed by atoms with van der Waals surface area (Å²) < 4.78 is 8.11. The molecule has 6 heteroatoms. The van der Waals surface area contributed by atoms with Crippen LogP contribution in [0.1, 0.15) is 25.1 Å². The van der Waals surface area contributed by atoms with Gasteiger partial charge in [-0.15, -0.1) is 0 Å². The van der Waals surface area contributed by atoms with E-state index in [2.05, 4.69) is 22.5 Å². The molecule has 1 heterocycles. The number of para-hydroxylation sites is 2. The van der Waals surface area contributed by atoms with E-state index < -0.39 is 0 Å². The quantitative estimate of drug-likeness (QED) is 0.364. The molecule has 0 atom stereocenters. The molecule has 1 aromatic heterocycles. The highest BCUT2D eigenvalue weighted by atomic mass is 35.5. The van der Waals surface area contributed by atoms with Crippen LogP contribution in [0.5, 0.6) is 5.75 Å². The highest BCUT2D eigenvalue weighted by Crippen LogP contribution is 2.19. The van der Waals surface area contributed by atoms with Crippen molar-refractivity contribution in [3.63, 3.8) is 0 Å². The van der Waals surface area contributed by atoms with Crippen LogP contribution >= 0.6 is 11.6 Å². The number of carbonyl (C=O) groups is 1. The Morgan fingerprint density at radius 3 is 2.72 bits per heavy atom. The van der Waals surface area contributed by atoms with E-state index in [1.54, 1.807) is 0 Å². The molecule has 2 aromatic carbocycles. The van der Waals surface area contributed by atoms with Crippen molar-refractivity contribution in [2.24, 2.45) is 0 Å². The fourth-order valence-corrected chi connectivity index (χ4v) is 3.35. The molecule has 0 saturated heterocycles. The van der Waals surface area contributed by atoms with Gasteiger partial charge in [-0.25, -0.2) is 4.98 Å². The Morgan fingerprint density at radius 2 is 1.93 bits per heavy atom. The molecule has 1 N–H and O–H groups in total. The Bertz CT molecular complexity index is 950. The highest BCUT2D eigenvalue weighted by molar-refractivity contribution is 6.30. The predicted octanol–water partition coefficient (Wildman–Crippen LogP) is 4.78. The first kappa shape index (κ1) is 20.9. The Morgan fingerprint density at radius 1 is 1.14 bits per heavy atom. The zero-order chi connectivity index (χ0) is 20.5. The lowest BCUT2D eigenvalue weighted by Gasteiger charge is -2.11. The van der Waals surface area contributed by atoms with Crippen LogP contribution in [0, 0.1) is 0 Å². The molecule has 152 valence electrons. The summed E-state index contributed by atoms with van der Waals surface area (Å²) in [5.74, 6) is 1.76. The Hall–Kier alpha value is -2.79. The molecular formula is C23H26ClN3O2. The first-order valence-corrected chi connectivity index (χ1v) is 10.3. The van der Waals surface area contributed by atoms with Gasteiger partial charge in [0.1, 0.15) is 18.2 Å². The third-order valence-electron chi connectivity index (χ3n) is 4.69. The molecule has 0 aliphatic carbocycles. The average molecular weight is 412 g/mol. The number of hydrogen-bond donors (Lipinski definition) is 1. The molecule has 0 saturated carbocycles. The maximum absolute atomic E-state index is 11.2. The largest absolute Gasteiger partial charge is 0.492 e. The molecule has 0 fully saturated rings. The number of nitrogens with one attached hydrogen (secondary N) is 1. The van der Waals surface area contributed by atoms with Crippen LogP contribution in [-0.4, -0.2) is 28.6 Å². The molecule has 29 heavy (non-hydrogen) atoms. The van der Waals surface area contributed by atoms with Gasteiger partial charge in [0.2, 0.25) is 5.91 Å². The van der Waals surface area contributed by atoms with Gasteiger partial charge in [-0.1, -0.05) is 36.7 Å². The van der Waals surface area contributed by atoms with Crippen LogP contribution in [0.15, 0.2) is 61.2 Å². The second kappa shape index (κ2) is 10.7. The van der Waals surface area contributed by atoms with E-state index in [0.29, 0.717) is 18.2 Å². The van der Waals surface area contributed by atoms with Gasteiger partial charge in [-0.3, -0.25) is 4.79 Å². The molecule has 0 unspecified atom stereocenters. The number of carbonyl (C=O) groups excluding carboxylic acids is 1. The van der Waals surface area contributed by atoms with Crippen molar-refractivity contribution in [3.05, 3.63) is 72.0 Å². The molecule has 0 aliphatic rings. The molecule has 1 amide bonds. The van der Waals surface area contributed by atoms with E-state index in [-0.39, 0.29) is 5.91 Å². The van der Waals surface area contributed by atoms with Crippen molar-refractivity contribution in [2.45, 2.75) is 32.2 Å². The topological polar surface area (TPSA) is 56.2 Å². The van der Waals surface area contributed by atoms with Gasteiger partial charge in [0, 0.05) is 18.0 Å². The lowest BCUT2D eigenvalue weighted by Crippen LogP contribution is -2.21. The number of imidazole rings is 1. The summed E-state index contributed by atoms with van der Waals surface area (Å²) in [6.45, 7) is 5.42. The molecule has 0 spiro atoms. The van der Waals surface area contributed by atoms with Gasteiger partial charge >= 0.3 is 0 Å². The van der Waals surface area contributed by atoms with Crippen molar-refractivity contribution in [3.8, 4) is 5.75 Å². The SMILES string of the molecule is C=CC(=O)NCCCCCc1nc2ccccc2n1CCOc1ccc(Cl)cc1. The number of rotatable bonds is 11. The third kappa shape index (κ3) is 6.09. The van der Waals surface area contributed by atoms with E-state index >= 15 is 0 Å². The minimum Gasteiger partial charge on any atom is -0.492 e. The number of benzene rings is 2. The highest BCUT2D eigenvalue weighted by Gasteiger charge is 2.10. The summed E-state index contributed by atoms with van der Waals surface area (Å²) in [4.78, 5) is 16.0. The van der Waals surface area contributed by atoms with Gasteiger partial charge in [0.25, 0.3) is 0 Å². The first-order valence-electron chi connectivity index (χ1n) is 9.90. The zero-order valence-electron chi connectivity index (χ0n) is 16.4. The Balaban J connectivity index is 1.56. The number of hydrogen-bond acceptors (Lipinski definition) is 3. The van der Waals surface area contributed by atoms with Gasteiger partial charge in [-0.2, -0.15) is 0 Å². The van der Waals surface area contributed by atoms with E-state index in [1.807, 2.05) is 42.5 Å². The van der Waals surface area contributed by atoms with E-state index in [1.165, 1.54) is 6.08 Å². The van der Waals surface area contributed by atoms with E-state index in [9.17, 15) is 4.79 Å². The molecule has 3 aromatic rings. The minimum atomic E-state index is -0.118. The van der Waals surface area contributed by atoms with Gasteiger partial charge in [0.05, 0.1) is 17.6 Å². The van der Waals surface area contributed by atoms with E-state index in [4.69, 9.17) is 21.3 Å². The molecule has 0 radical (unpaired) electrons. The van der Waals surface area contributed by atoms with Gasteiger partial charge in [0.15, 0.2) is 0 Å². The van der Waals surface area contributed by atoms with E-state index in [0.717, 1.165) is 54.8 Å². The second-order valence-corrected chi connectivity index (χ2v) is 7.21. The maximum Gasteiger partial charge on any atom is 0.243 e. The van der Waals surface area contributed by atoms with Crippen molar-refractivity contribution >= 4 is 28.5 Å². The number of aromatic nitrogens is 2. The summed E-state index contributed by atoms with van der Waals surface area (Å²) >= 11 is 5.92. The minimum absolute atomic E-state index is 0.118. The van der Waals surface area contributed by atoms with Crippen LogP contribution in [0.2, 0.25) is 5.02 Å². The normalized spacial score (nSPS) is 10.8. The summed E-state index contributed by atoms with van der Waals surface area (Å²) in [7, 11) is 0. The number of amides is 1. The van der Waals surface area contributed by atoms with Gasteiger partial charge < -0.3 is 14.6 Å². The fraction of sp³-hybridized carbons (Fsp3) is 0.304. The van der Waals surface area contributed by atoms with Crippen molar-refractivity contribution in [1.82, 2.24) is 14.9 Å². The lowest BCUT2D eigenvalue weighted by molar-refractivity contribution is -0.116. The molecular weight excluding hydrogens is 386 g/mol. The van der Waals surface area contributed by atoms with Crippen LogP contribution in [0.25, 0.3) is 11.0 Å². The number of halogens is 1. The van der Waals surface area contributed by atoms with Crippen LogP contribution in [0.4, 0.5) is 0 Å². The summed E-state index contributed by atoms with van der Waals surface area (Å²) in [5, 5.41) is 3.51. The summed E-state index contributed by atoms with van der Waals surface area (Å²) in [6, 6.07) is 15.6. The van der Waals surface area contributed by atoms with Crippen molar-refractivity contribution in [1.29, 1.82) is 0 Å². The van der Waals surface area contributed by atoms with Gasteiger partial charge in [-0.05, 0) is 55.3 Å². The fourth-order valence-electron chi connectivity index (χ4n) is 3.22. The van der Waals surface area contributed by atoms with Crippen molar-refractivity contribution in [2.75, 3.05) is 13.2 Å². The second-order valence-electron chi connectivity index (χ2n) is 6.78. The lowest BCUT2D eigenvalue weighted by atomic mass is 10.2. The molecule has 5 nitrogen and oxygen atoms in total. The standard InChI is InChI=1S/C23H26ClN3O2/c1-2-23(28)25-15-7-3-4-10-22-26-20-8-5-6-9-21(20)27(22)16-17-29-19-13-11-18(24)12-14-19/h2,5-6,8-9,11-14H,1,3-4,7,10,15-17H2,(H,25,28). The molecule has 0 bridgehead atoms. The number of fused-ring (bicyclic) bond motifs is 1.